The number of hydrogen-bond acceptors (Lipinski definition) is 1. The van der Waals surface area contributed by atoms with E-state index in [-0.39, 0.29) is 0 Å². The van der Waals surface area contributed by atoms with Crippen LogP contribution in [0.4, 0.5) is 0 Å². The Morgan fingerprint density at radius 3 is 1.50 bits per heavy atom. The molecule has 0 saturated carbocycles. The van der Waals surface area contributed by atoms with Crippen LogP contribution < -0.4 is 0 Å². The van der Waals surface area contributed by atoms with Crippen molar-refractivity contribution in [3.05, 3.63) is 0 Å². The quantitative estimate of drug-likeness (QED) is 0.591. The van der Waals surface area contributed by atoms with E-state index in [4.69, 9.17) is 0 Å². The van der Waals surface area contributed by atoms with Gasteiger partial charge in [-0.1, -0.05) is 20.8 Å². The van der Waals surface area contributed by atoms with Gasteiger partial charge in [0.05, 0.1) is 0 Å². The molecule has 0 amide bonds. The maximum Gasteiger partial charge on any atom is 0.0241 e. The molecule has 0 rings (SSSR count). The van der Waals surface area contributed by atoms with Crippen LogP contribution >= 0.6 is 0 Å². The molecule has 0 spiro atoms. The zero-order chi connectivity index (χ0) is 9.72. The molecule has 1 nitrogen and oxygen atoms in total. The summed E-state index contributed by atoms with van der Waals surface area (Å²) in [6.07, 6.45) is 2.55. The van der Waals surface area contributed by atoms with Crippen molar-refractivity contribution in [1.29, 1.82) is 0 Å². The first-order valence-electron chi connectivity index (χ1n) is 5.31. The zero-order valence-corrected chi connectivity index (χ0v) is 11.6. The summed E-state index contributed by atoms with van der Waals surface area (Å²) in [5.41, 5.74) is 0.815. The Morgan fingerprint density at radius 2 is 1.33 bits per heavy atom. The van der Waals surface area contributed by atoms with Gasteiger partial charge in [-0.2, -0.15) is 0 Å². The Hall–Kier alpha value is 0.177. The summed E-state index contributed by atoms with van der Waals surface area (Å²) in [5.74, 6) is 0. The largest absolute Gasteiger partial charge is 0.299 e. The maximum atomic E-state index is 2.67. The predicted molar refractivity (Wildman–Crippen MR) is 60.7 cm³/mol. The fourth-order valence-electron chi connectivity index (χ4n) is 1.87. The van der Waals surface area contributed by atoms with E-state index in [1.165, 1.54) is 23.1 Å². The molecule has 0 aromatic carbocycles. The minimum atomic E-state index is 0.757. The first-order valence-corrected chi connectivity index (χ1v) is 6.47. The van der Waals surface area contributed by atoms with Gasteiger partial charge in [-0.15, -0.1) is 0 Å². The molecule has 0 aliphatic carbocycles. The molecule has 0 aromatic rings. The van der Waals surface area contributed by atoms with E-state index in [0.29, 0.717) is 0 Å². The average molecular weight is 187 g/mol. The highest BCUT2D eigenvalue weighted by Crippen LogP contribution is 2.13. The average Bonchev–Trinajstić information content (AvgIpc) is 2.03. The van der Waals surface area contributed by atoms with Crippen LogP contribution in [-0.2, 0) is 0 Å². The molecule has 0 bridgehead atoms. The van der Waals surface area contributed by atoms with E-state index in [0.717, 1.165) is 17.7 Å². The van der Waals surface area contributed by atoms with Gasteiger partial charge in [0.15, 0.2) is 0 Å². The van der Waals surface area contributed by atoms with Crippen LogP contribution in [0.1, 0.15) is 47.5 Å². The van der Waals surface area contributed by atoms with E-state index >= 15 is 0 Å². The summed E-state index contributed by atoms with van der Waals surface area (Å²) in [4.78, 5) is 2.67. The SMILES string of the molecule is CCC(C)N(C(C)[SiH3])C(C)CC. The molecule has 0 fully saturated rings. The number of rotatable bonds is 5. The Kier molecular flexibility index (Phi) is 5.84. The smallest absolute Gasteiger partial charge is 0.0241 e. The van der Waals surface area contributed by atoms with Crippen LogP contribution in [0.5, 0.6) is 0 Å². The Bertz CT molecular complexity index is 104. The molecule has 74 valence electrons. The Balaban J connectivity index is 4.21. The second kappa shape index (κ2) is 5.76. The van der Waals surface area contributed by atoms with Crippen molar-refractivity contribution in [1.82, 2.24) is 4.90 Å². The lowest BCUT2D eigenvalue weighted by atomic mass is 10.1. The number of nitrogens with zero attached hydrogens (tertiary/aromatic N) is 1. The molecule has 12 heavy (non-hydrogen) atoms. The van der Waals surface area contributed by atoms with Crippen LogP contribution in [0.15, 0.2) is 0 Å². The van der Waals surface area contributed by atoms with Gasteiger partial charge in [0.2, 0.25) is 0 Å². The van der Waals surface area contributed by atoms with Gasteiger partial charge in [0.1, 0.15) is 0 Å². The van der Waals surface area contributed by atoms with Crippen molar-refractivity contribution < 1.29 is 0 Å². The third-order valence-corrected chi connectivity index (χ3v) is 3.39. The van der Waals surface area contributed by atoms with Crippen LogP contribution in [0.2, 0.25) is 0 Å². The van der Waals surface area contributed by atoms with Crippen LogP contribution in [-0.4, -0.2) is 32.9 Å². The lowest BCUT2D eigenvalue weighted by Gasteiger charge is -2.37. The van der Waals surface area contributed by atoms with E-state index in [9.17, 15) is 0 Å². The predicted octanol–water partition coefficient (Wildman–Crippen LogP) is 1.60. The van der Waals surface area contributed by atoms with Gasteiger partial charge >= 0.3 is 0 Å². The second-order valence-corrected chi connectivity index (χ2v) is 5.73. The molecular formula is C10H25NSi. The topological polar surface area (TPSA) is 3.24 Å². The second-order valence-electron chi connectivity index (χ2n) is 4.06. The third kappa shape index (κ3) is 3.28. The van der Waals surface area contributed by atoms with Crippen molar-refractivity contribution in [2.24, 2.45) is 0 Å². The first kappa shape index (κ1) is 12.2. The minimum absolute atomic E-state index is 0.757. The van der Waals surface area contributed by atoms with E-state index < -0.39 is 0 Å². The van der Waals surface area contributed by atoms with Crippen LogP contribution in [0.3, 0.4) is 0 Å². The summed E-state index contributed by atoms with van der Waals surface area (Å²) < 4.78 is 0. The van der Waals surface area contributed by atoms with Crippen molar-refractivity contribution in [2.45, 2.75) is 65.2 Å². The van der Waals surface area contributed by atoms with E-state index in [2.05, 4.69) is 39.5 Å². The van der Waals surface area contributed by atoms with Crippen LogP contribution in [0.25, 0.3) is 0 Å². The monoisotopic (exact) mass is 187 g/mol. The molecule has 0 saturated heterocycles. The summed E-state index contributed by atoms with van der Waals surface area (Å²) in [5, 5.41) is 0. The molecule has 2 heteroatoms. The summed E-state index contributed by atoms with van der Waals surface area (Å²) >= 11 is 0. The highest BCUT2D eigenvalue weighted by atomic mass is 28.1. The van der Waals surface area contributed by atoms with E-state index in [1.54, 1.807) is 0 Å². The Labute approximate surface area is 81.0 Å². The molecule has 3 atom stereocenters. The van der Waals surface area contributed by atoms with Crippen molar-refractivity contribution in [2.75, 3.05) is 0 Å². The van der Waals surface area contributed by atoms with Crippen molar-refractivity contribution in [3.63, 3.8) is 0 Å². The standard InChI is InChI=1S/C10H25NSi/c1-6-8(3)11(10(5)12)9(4)7-2/h8-10H,6-7H2,1-5,12H3. The molecule has 3 unspecified atom stereocenters. The van der Waals surface area contributed by atoms with Gasteiger partial charge in [-0.05, 0) is 32.4 Å². The maximum absolute atomic E-state index is 2.67. The lowest BCUT2D eigenvalue weighted by molar-refractivity contribution is 0.135. The molecular weight excluding hydrogens is 162 g/mol. The molecule has 0 aliphatic heterocycles. The first-order chi connectivity index (χ1) is 5.54. The van der Waals surface area contributed by atoms with Gasteiger partial charge in [0, 0.05) is 22.3 Å². The molecule has 0 aliphatic rings. The van der Waals surface area contributed by atoms with E-state index in [1.807, 2.05) is 0 Å². The molecule has 0 heterocycles. The van der Waals surface area contributed by atoms with Gasteiger partial charge in [-0.3, -0.25) is 4.90 Å². The van der Waals surface area contributed by atoms with Crippen molar-refractivity contribution >= 4 is 10.2 Å². The zero-order valence-electron chi connectivity index (χ0n) is 9.59. The Morgan fingerprint density at radius 1 is 1.00 bits per heavy atom. The summed E-state index contributed by atoms with van der Waals surface area (Å²) in [6.45, 7) is 11.6. The normalized spacial score (nSPS) is 19.5. The third-order valence-electron chi connectivity index (χ3n) is 2.80. The summed E-state index contributed by atoms with van der Waals surface area (Å²) in [7, 11) is 1.28. The van der Waals surface area contributed by atoms with Gasteiger partial charge in [0.25, 0.3) is 0 Å². The minimum Gasteiger partial charge on any atom is -0.299 e. The molecule has 0 N–H and O–H groups in total. The van der Waals surface area contributed by atoms with Crippen molar-refractivity contribution in [3.8, 4) is 0 Å². The number of hydrogen-bond donors (Lipinski definition) is 0. The van der Waals surface area contributed by atoms with Crippen LogP contribution in [0, 0.1) is 0 Å². The van der Waals surface area contributed by atoms with Gasteiger partial charge in [-0.25, -0.2) is 0 Å². The van der Waals surface area contributed by atoms with Gasteiger partial charge < -0.3 is 0 Å². The highest BCUT2D eigenvalue weighted by molar-refractivity contribution is 6.11. The summed E-state index contributed by atoms with van der Waals surface area (Å²) in [6, 6.07) is 1.51. The fraction of sp³-hybridized carbons (Fsp3) is 1.00. The fourth-order valence-corrected chi connectivity index (χ4v) is 2.89. The highest BCUT2D eigenvalue weighted by Gasteiger charge is 2.19. The lowest BCUT2D eigenvalue weighted by Crippen LogP contribution is -2.45. The molecule has 0 radical (unpaired) electrons. The molecule has 0 aromatic heterocycles.